The Kier molecular flexibility index (Phi) is 3.05. The van der Waals surface area contributed by atoms with Crippen molar-refractivity contribution in [2.45, 2.75) is 13.3 Å². The Morgan fingerprint density at radius 1 is 1.55 bits per heavy atom. The van der Waals surface area contributed by atoms with Crippen LogP contribution in [0.1, 0.15) is 11.3 Å². The summed E-state index contributed by atoms with van der Waals surface area (Å²) >= 11 is 0. The first-order valence-corrected chi connectivity index (χ1v) is 3.73. The average molecular weight is 151 g/mol. The number of nitrogens with zero attached hydrogens (tertiary/aromatic N) is 1. The number of hydrogen-bond acceptors (Lipinski definition) is 2. The lowest BCUT2D eigenvalue weighted by atomic mass is 10.2. The molecule has 0 bridgehead atoms. The summed E-state index contributed by atoms with van der Waals surface area (Å²) in [7, 11) is 1.70. The summed E-state index contributed by atoms with van der Waals surface area (Å²) in [6.45, 7) is 2.81. The second-order valence-corrected chi connectivity index (χ2v) is 2.57. The Morgan fingerprint density at radius 2 is 2.36 bits per heavy atom. The fourth-order valence-electron chi connectivity index (χ4n) is 0.942. The van der Waals surface area contributed by atoms with Crippen LogP contribution in [0, 0.1) is 6.92 Å². The summed E-state index contributed by atoms with van der Waals surface area (Å²) in [4.78, 5) is 4.20. The second-order valence-electron chi connectivity index (χ2n) is 2.57. The number of hydrogen-bond donors (Lipinski definition) is 0. The number of aromatic nitrogens is 1. The summed E-state index contributed by atoms with van der Waals surface area (Å²) in [5.41, 5.74) is 2.36. The number of aryl methyl sites for hydroxylation is 1. The lowest BCUT2D eigenvalue weighted by Crippen LogP contribution is -1.96. The quantitative estimate of drug-likeness (QED) is 0.654. The van der Waals surface area contributed by atoms with Crippen molar-refractivity contribution in [1.29, 1.82) is 0 Å². The van der Waals surface area contributed by atoms with Gasteiger partial charge in [-0.1, -0.05) is 0 Å². The predicted molar refractivity (Wildman–Crippen MR) is 44.6 cm³/mol. The number of methoxy groups -OCH3 is 1. The van der Waals surface area contributed by atoms with Crippen LogP contribution in [0.15, 0.2) is 18.3 Å². The van der Waals surface area contributed by atoms with Gasteiger partial charge in [0.2, 0.25) is 0 Å². The first-order chi connectivity index (χ1) is 5.33. The minimum atomic E-state index is 0.746. The molecule has 1 aromatic rings. The molecule has 2 nitrogen and oxygen atoms in total. The normalized spacial score (nSPS) is 10.0. The minimum absolute atomic E-state index is 0.746. The molecule has 60 valence electrons. The van der Waals surface area contributed by atoms with Gasteiger partial charge in [0.1, 0.15) is 0 Å². The highest BCUT2D eigenvalue weighted by molar-refractivity contribution is 5.14. The Hall–Kier alpha value is -0.890. The van der Waals surface area contributed by atoms with Crippen LogP contribution < -0.4 is 0 Å². The minimum Gasteiger partial charge on any atom is -0.384 e. The molecular formula is C9H13NO. The summed E-state index contributed by atoms with van der Waals surface area (Å²) < 4.78 is 4.95. The summed E-state index contributed by atoms with van der Waals surface area (Å²) in [6.07, 6.45) is 2.73. The van der Waals surface area contributed by atoms with Gasteiger partial charge >= 0.3 is 0 Å². The molecule has 0 atom stereocenters. The van der Waals surface area contributed by atoms with E-state index < -0.39 is 0 Å². The molecule has 2 heteroatoms. The Bertz CT molecular complexity index is 223. The lowest BCUT2D eigenvalue weighted by molar-refractivity contribution is 0.201. The first kappa shape index (κ1) is 8.21. The molecule has 0 saturated heterocycles. The molecule has 0 unspecified atom stereocenters. The van der Waals surface area contributed by atoms with E-state index in [9.17, 15) is 0 Å². The topological polar surface area (TPSA) is 22.1 Å². The van der Waals surface area contributed by atoms with Gasteiger partial charge in [0.25, 0.3) is 0 Å². The third-order valence-electron chi connectivity index (χ3n) is 1.53. The van der Waals surface area contributed by atoms with Crippen molar-refractivity contribution in [2.75, 3.05) is 13.7 Å². The maximum Gasteiger partial charge on any atom is 0.0517 e. The van der Waals surface area contributed by atoms with Crippen LogP contribution in [0.25, 0.3) is 0 Å². The summed E-state index contributed by atoms with van der Waals surface area (Å²) in [5.74, 6) is 0. The average Bonchev–Trinajstić information content (AvgIpc) is 2.01. The fraction of sp³-hybridized carbons (Fsp3) is 0.444. The van der Waals surface area contributed by atoms with Crippen molar-refractivity contribution in [3.63, 3.8) is 0 Å². The van der Waals surface area contributed by atoms with E-state index in [1.807, 2.05) is 12.3 Å². The molecule has 0 amide bonds. The fourth-order valence-corrected chi connectivity index (χ4v) is 0.942. The number of ether oxygens (including phenoxy) is 1. The molecule has 11 heavy (non-hydrogen) atoms. The van der Waals surface area contributed by atoms with Crippen molar-refractivity contribution in [3.8, 4) is 0 Å². The van der Waals surface area contributed by atoms with E-state index in [1.54, 1.807) is 7.11 Å². The van der Waals surface area contributed by atoms with Gasteiger partial charge in [0, 0.05) is 25.4 Å². The number of rotatable bonds is 3. The Balaban J connectivity index is 2.56. The Labute approximate surface area is 67.2 Å². The van der Waals surface area contributed by atoms with Crippen molar-refractivity contribution in [1.82, 2.24) is 4.98 Å². The van der Waals surface area contributed by atoms with Gasteiger partial charge in [0.05, 0.1) is 6.61 Å². The monoisotopic (exact) mass is 151 g/mol. The zero-order valence-electron chi connectivity index (χ0n) is 7.00. The third kappa shape index (κ3) is 2.68. The molecule has 0 saturated carbocycles. The van der Waals surface area contributed by atoms with Crippen LogP contribution in [0.3, 0.4) is 0 Å². The van der Waals surface area contributed by atoms with Gasteiger partial charge in [-0.3, -0.25) is 4.98 Å². The standard InChI is InChI=1S/C9H13NO/c1-8-3-5-10-9(7-8)4-6-11-2/h3,5,7H,4,6H2,1-2H3. The third-order valence-corrected chi connectivity index (χ3v) is 1.53. The molecule has 0 aliphatic carbocycles. The van der Waals surface area contributed by atoms with E-state index in [-0.39, 0.29) is 0 Å². The van der Waals surface area contributed by atoms with Gasteiger partial charge in [-0.15, -0.1) is 0 Å². The van der Waals surface area contributed by atoms with E-state index in [0.717, 1.165) is 18.7 Å². The van der Waals surface area contributed by atoms with E-state index in [0.29, 0.717) is 0 Å². The summed E-state index contributed by atoms with van der Waals surface area (Å²) in [5, 5.41) is 0. The van der Waals surface area contributed by atoms with Crippen LogP contribution in [0.2, 0.25) is 0 Å². The van der Waals surface area contributed by atoms with Crippen LogP contribution in [-0.2, 0) is 11.2 Å². The molecule has 0 spiro atoms. The molecule has 0 N–H and O–H groups in total. The van der Waals surface area contributed by atoms with Crippen LogP contribution >= 0.6 is 0 Å². The molecule has 1 aromatic heterocycles. The number of pyridine rings is 1. The second kappa shape index (κ2) is 4.09. The van der Waals surface area contributed by atoms with Crippen molar-refractivity contribution in [3.05, 3.63) is 29.6 Å². The maximum atomic E-state index is 4.95. The molecular weight excluding hydrogens is 138 g/mol. The van der Waals surface area contributed by atoms with Crippen LogP contribution in [-0.4, -0.2) is 18.7 Å². The Morgan fingerprint density at radius 3 is 3.00 bits per heavy atom. The molecule has 0 aromatic carbocycles. The lowest BCUT2D eigenvalue weighted by Gasteiger charge is -1.99. The zero-order valence-corrected chi connectivity index (χ0v) is 7.00. The summed E-state index contributed by atoms with van der Waals surface area (Å²) in [6, 6.07) is 4.08. The van der Waals surface area contributed by atoms with E-state index >= 15 is 0 Å². The van der Waals surface area contributed by atoms with Crippen LogP contribution in [0.5, 0.6) is 0 Å². The first-order valence-electron chi connectivity index (χ1n) is 3.73. The van der Waals surface area contributed by atoms with E-state index in [4.69, 9.17) is 4.74 Å². The van der Waals surface area contributed by atoms with E-state index in [1.165, 1.54) is 5.56 Å². The highest BCUT2D eigenvalue weighted by Gasteiger charge is 1.92. The molecule has 0 fully saturated rings. The highest BCUT2D eigenvalue weighted by atomic mass is 16.5. The van der Waals surface area contributed by atoms with Gasteiger partial charge in [0.15, 0.2) is 0 Å². The molecule has 0 aliphatic rings. The highest BCUT2D eigenvalue weighted by Crippen LogP contribution is 2.00. The van der Waals surface area contributed by atoms with Gasteiger partial charge < -0.3 is 4.74 Å². The van der Waals surface area contributed by atoms with Gasteiger partial charge in [-0.05, 0) is 24.6 Å². The van der Waals surface area contributed by atoms with E-state index in [2.05, 4.69) is 18.0 Å². The SMILES string of the molecule is COCCc1cc(C)ccn1. The molecule has 0 aliphatic heterocycles. The molecule has 1 rings (SSSR count). The predicted octanol–water partition coefficient (Wildman–Crippen LogP) is 1.58. The molecule has 1 heterocycles. The van der Waals surface area contributed by atoms with Gasteiger partial charge in [-0.25, -0.2) is 0 Å². The van der Waals surface area contributed by atoms with Crippen molar-refractivity contribution in [2.24, 2.45) is 0 Å². The largest absolute Gasteiger partial charge is 0.384 e. The van der Waals surface area contributed by atoms with Crippen molar-refractivity contribution >= 4 is 0 Å². The van der Waals surface area contributed by atoms with Crippen LogP contribution in [0.4, 0.5) is 0 Å². The van der Waals surface area contributed by atoms with Crippen molar-refractivity contribution < 1.29 is 4.74 Å². The maximum absolute atomic E-state index is 4.95. The zero-order chi connectivity index (χ0) is 8.10. The van der Waals surface area contributed by atoms with Gasteiger partial charge in [-0.2, -0.15) is 0 Å². The molecule has 0 radical (unpaired) electrons. The smallest absolute Gasteiger partial charge is 0.0517 e.